The first-order valence-electron chi connectivity index (χ1n) is 6.39. The quantitative estimate of drug-likeness (QED) is 0.867. The van der Waals surface area contributed by atoms with Gasteiger partial charge in [-0.3, -0.25) is 0 Å². The molecule has 1 saturated carbocycles. The van der Waals surface area contributed by atoms with Gasteiger partial charge in [-0.15, -0.1) is 11.3 Å². The van der Waals surface area contributed by atoms with E-state index in [0.717, 1.165) is 12.5 Å². The number of thiazole rings is 1. The number of rotatable bonds is 4. The van der Waals surface area contributed by atoms with Crippen molar-refractivity contribution in [3.63, 3.8) is 0 Å². The highest BCUT2D eigenvalue weighted by Gasteiger charge is 2.28. The molecule has 0 aliphatic heterocycles. The SMILES string of the molecule is CCNC(c1nc(C)c(C)s1)C1CCCC1. The van der Waals surface area contributed by atoms with Crippen LogP contribution in [0.2, 0.25) is 0 Å². The summed E-state index contributed by atoms with van der Waals surface area (Å²) in [6.45, 7) is 7.52. The van der Waals surface area contributed by atoms with Crippen LogP contribution in [0.5, 0.6) is 0 Å². The van der Waals surface area contributed by atoms with Gasteiger partial charge in [0.2, 0.25) is 0 Å². The molecule has 1 aromatic rings. The van der Waals surface area contributed by atoms with Gasteiger partial charge in [0, 0.05) is 4.88 Å². The lowest BCUT2D eigenvalue weighted by atomic mass is 9.98. The Hall–Kier alpha value is -0.410. The van der Waals surface area contributed by atoms with E-state index in [1.165, 1.54) is 41.3 Å². The minimum atomic E-state index is 0.505. The molecule has 0 saturated heterocycles. The smallest absolute Gasteiger partial charge is 0.110 e. The minimum Gasteiger partial charge on any atom is -0.308 e. The summed E-state index contributed by atoms with van der Waals surface area (Å²) in [6.07, 6.45) is 5.54. The van der Waals surface area contributed by atoms with Crippen LogP contribution in [0.15, 0.2) is 0 Å². The van der Waals surface area contributed by atoms with Gasteiger partial charge < -0.3 is 5.32 Å². The molecule has 2 rings (SSSR count). The molecule has 1 atom stereocenters. The van der Waals surface area contributed by atoms with Crippen molar-refractivity contribution in [3.05, 3.63) is 15.6 Å². The van der Waals surface area contributed by atoms with Crippen LogP contribution in [-0.2, 0) is 0 Å². The number of aromatic nitrogens is 1. The van der Waals surface area contributed by atoms with Crippen LogP contribution in [0.1, 0.15) is 54.2 Å². The summed E-state index contributed by atoms with van der Waals surface area (Å²) in [5, 5.41) is 4.94. The van der Waals surface area contributed by atoms with Gasteiger partial charge in [0.05, 0.1) is 11.7 Å². The first-order chi connectivity index (χ1) is 7.72. The first kappa shape index (κ1) is 12.1. The van der Waals surface area contributed by atoms with Gasteiger partial charge in [-0.25, -0.2) is 4.98 Å². The molecule has 1 aliphatic rings. The molecule has 1 heterocycles. The third-order valence-electron chi connectivity index (χ3n) is 3.61. The van der Waals surface area contributed by atoms with Crippen molar-refractivity contribution in [2.45, 2.75) is 52.5 Å². The molecular formula is C13H22N2S. The van der Waals surface area contributed by atoms with Crippen LogP contribution >= 0.6 is 11.3 Å². The van der Waals surface area contributed by atoms with Crippen molar-refractivity contribution in [2.24, 2.45) is 5.92 Å². The Labute approximate surface area is 102 Å². The van der Waals surface area contributed by atoms with Crippen molar-refractivity contribution in [2.75, 3.05) is 6.54 Å². The zero-order valence-electron chi connectivity index (χ0n) is 10.5. The summed E-state index contributed by atoms with van der Waals surface area (Å²) in [5.41, 5.74) is 1.21. The van der Waals surface area contributed by atoms with Crippen LogP contribution in [0, 0.1) is 19.8 Å². The fraction of sp³-hybridized carbons (Fsp3) is 0.769. The molecule has 0 aromatic carbocycles. The maximum atomic E-state index is 4.73. The van der Waals surface area contributed by atoms with Crippen LogP contribution in [0.3, 0.4) is 0 Å². The fourth-order valence-electron chi connectivity index (χ4n) is 2.60. The molecule has 0 spiro atoms. The molecule has 0 amide bonds. The summed E-state index contributed by atoms with van der Waals surface area (Å²) < 4.78 is 0. The van der Waals surface area contributed by atoms with E-state index in [2.05, 4.69) is 26.1 Å². The molecule has 1 unspecified atom stereocenters. The van der Waals surface area contributed by atoms with E-state index in [1.54, 1.807) is 0 Å². The lowest BCUT2D eigenvalue weighted by Crippen LogP contribution is -2.26. The second kappa shape index (κ2) is 5.28. The molecular weight excluding hydrogens is 216 g/mol. The van der Waals surface area contributed by atoms with E-state index in [4.69, 9.17) is 4.98 Å². The maximum absolute atomic E-state index is 4.73. The molecule has 0 bridgehead atoms. The van der Waals surface area contributed by atoms with Crippen LogP contribution < -0.4 is 5.32 Å². The monoisotopic (exact) mass is 238 g/mol. The predicted octanol–water partition coefficient (Wildman–Crippen LogP) is 3.60. The highest BCUT2D eigenvalue weighted by Crippen LogP contribution is 2.37. The van der Waals surface area contributed by atoms with Crippen molar-refractivity contribution in [1.82, 2.24) is 10.3 Å². The lowest BCUT2D eigenvalue weighted by molar-refractivity contribution is 0.373. The number of hydrogen-bond donors (Lipinski definition) is 1. The summed E-state index contributed by atoms with van der Waals surface area (Å²) in [7, 11) is 0. The first-order valence-corrected chi connectivity index (χ1v) is 7.21. The Morgan fingerprint density at radius 2 is 2.06 bits per heavy atom. The Morgan fingerprint density at radius 3 is 2.56 bits per heavy atom. The third-order valence-corrected chi connectivity index (χ3v) is 4.76. The Kier molecular flexibility index (Phi) is 3.98. The molecule has 1 aromatic heterocycles. The molecule has 3 heteroatoms. The summed E-state index contributed by atoms with van der Waals surface area (Å²) in [4.78, 5) is 6.10. The van der Waals surface area contributed by atoms with E-state index in [0.29, 0.717) is 6.04 Å². The van der Waals surface area contributed by atoms with Crippen LogP contribution in [-0.4, -0.2) is 11.5 Å². The van der Waals surface area contributed by atoms with Gasteiger partial charge in [-0.2, -0.15) is 0 Å². The molecule has 90 valence electrons. The zero-order chi connectivity index (χ0) is 11.5. The van der Waals surface area contributed by atoms with Crippen molar-refractivity contribution < 1.29 is 0 Å². The molecule has 1 fully saturated rings. The molecule has 2 nitrogen and oxygen atoms in total. The maximum Gasteiger partial charge on any atom is 0.110 e. The highest BCUT2D eigenvalue weighted by atomic mass is 32.1. The van der Waals surface area contributed by atoms with Crippen LogP contribution in [0.25, 0.3) is 0 Å². The second-order valence-electron chi connectivity index (χ2n) is 4.77. The highest BCUT2D eigenvalue weighted by molar-refractivity contribution is 7.11. The Morgan fingerprint density at radius 1 is 1.38 bits per heavy atom. The fourth-order valence-corrected chi connectivity index (χ4v) is 3.69. The average molecular weight is 238 g/mol. The minimum absolute atomic E-state index is 0.505. The van der Waals surface area contributed by atoms with Gasteiger partial charge in [-0.1, -0.05) is 19.8 Å². The zero-order valence-corrected chi connectivity index (χ0v) is 11.4. The predicted molar refractivity (Wildman–Crippen MR) is 70.0 cm³/mol. The normalized spacial score (nSPS) is 19.2. The lowest BCUT2D eigenvalue weighted by Gasteiger charge is -2.22. The van der Waals surface area contributed by atoms with Crippen molar-refractivity contribution >= 4 is 11.3 Å². The van der Waals surface area contributed by atoms with Gasteiger partial charge in [0.1, 0.15) is 5.01 Å². The molecule has 1 N–H and O–H groups in total. The topological polar surface area (TPSA) is 24.9 Å². The van der Waals surface area contributed by atoms with Gasteiger partial charge in [0.25, 0.3) is 0 Å². The van der Waals surface area contributed by atoms with Crippen molar-refractivity contribution in [1.29, 1.82) is 0 Å². The Bertz CT molecular complexity index is 320. The number of nitrogens with zero attached hydrogens (tertiary/aromatic N) is 1. The van der Waals surface area contributed by atoms with E-state index < -0.39 is 0 Å². The number of nitrogens with one attached hydrogen (secondary N) is 1. The van der Waals surface area contributed by atoms with E-state index in [-0.39, 0.29) is 0 Å². The third kappa shape index (κ3) is 2.46. The summed E-state index contributed by atoms with van der Waals surface area (Å²) in [6, 6.07) is 0.505. The van der Waals surface area contributed by atoms with E-state index in [9.17, 15) is 0 Å². The average Bonchev–Trinajstić information content (AvgIpc) is 2.86. The Balaban J connectivity index is 2.17. The van der Waals surface area contributed by atoms with E-state index >= 15 is 0 Å². The van der Waals surface area contributed by atoms with Gasteiger partial charge in [0.15, 0.2) is 0 Å². The van der Waals surface area contributed by atoms with Crippen molar-refractivity contribution in [3.8, 4) is 0 Å². The summed E-state index contributed by atoms with van der Waals surface area (Å²) >= 11 is 1.88. The molecule has 16 heavy (non-hydrogen) atoms. The number of hydrogen-bond acceptors (Lipinski definition) is 3. The van der Waals surface area contributed by atoms with Gasteiger partial charge in [-0.05, 0) is 39.2 Å². The largest absolute Gasteiger partial charge is 0.308 e. The summed E-state index contributed by atoms with van der Waals surface area (Å²) in [5.74, 6) is 0.810. The van der Waals surface area contributed by atoms with Gasteiger partial charge >= 0.3 is 0 Å². The molecule has 0 radical (unpaired) electrons. The second-order valence-corrected chi connectivity index (χ2v) is 6.01. The van der Waals surface area contributed by atoms with Crippen LogP contribution in [0.4, 0.5) is 0 Å². The standard InChI is InChI=1S/C13H22N2S/c1-4-14-12(11-7-5-6-8-11)13-15-9(2)10(3)16-13/h11-12,14H,4-8H2,1-3H3. The number of aryl methyl sites for hydroxylation is 2. The van der Waals surface area contributed by atoms with E-state index in [1.807, 2.05) is 11.3 Å². The molecule has 1 aliphatic carbocycles.